The van der Waals surface area contributed by atoms with E-state index in [2.05, 4.69) is 10.2 Å². The van der Waals surface area contributed by atoms with Crippen LogP contribution in [-0.4, -0.2) is 47.2 Å². The SMILES string of the molecule is COCc1nnc2n1CCN(S(=O)(=O)c1ccc(C)cc1)[C@H](C)C2. The number of aryl methyl sites for hydroxylation is 1. The molecule has 1 aliphatic rings. The molecule has 0 amide bonds. The molecular formula is C16H22N4O3S. The van der Waals surface area contributed by atoms with Crippen molar-refractivity contribution < 1.29 is 13.2 Å². The van der Waals surface area contributed by atoms with Crippen molar-refractivity contribution in [1.82, 2.24) is 19.1 Å². The first-order valence-corrected chi connectivity index (χ1v) is 9.36. The van der Waals surface area contributed by atoms with Gasteiger partial charge in [-0.25, -0.2) is 8.42 Å². The van der Waals surface area contributed by atoms with Crippen LogP contribution in [0.2, 0.25) is 0 Å². The first kappa shape index (κ1) is 17.1. The third-order valence-electron chi connectivity index (χ3n) is 4.32. The Morgan fingerprint density at radius 1 is 1.21 bits per heavy atom. The van der Waals surface area contributed by atoms with E-state index in [0.29, 0.717) is 31.0 Å². The number of fused-ring (bicyclic) bond motifs is 1. The third kappa shape index (κ3) is 3.09. The molecule has 1 aromatic heterocycles. The van der Waals surface area contributed by atoms with Gasteiger partial charge in [-0.1, -0.05) is 17.7 Å². The van der Waals surface area contributed by atoms with Gasteiger partial charge in [-0.15, -0.1) is 10.2 Å². The van der Waals surface area contributed by atoms with E-state index in [1.165, 1.54) is 0 Å². The number of ether oxygens (including phenoxy) is 1. The average molecular weight is 350 g/mol. The summed E-state index contributed by atoms with van der Waals surface area (Å²) < 4.78 is 34.7. The van der Waals surface area contributed by atoms with Gasteiger partial charge >= 0.3 is 0 Å². The highest BCUT2D eigenvalue weighted by Gasteiger charge is 2.32. The number of methoxy groups -OCH3 is 1. The Balaban J connectivity index is 1.89. The number of hydrogen-bond donors (Lipinski definition) is 0. The minimum Gasteiger partial charge on any atom is -0.377 e. The number of nitrogens with zero attached hydrogens (tertiary/aromatic N) is 4. The Labute approximate surface area is 142 Å². The zero-order valence-corrected chi connectivity index (χ0v) is 15.0. The van der Waals surface area contributed by atoms with Gasteiger partial charge in [-0.3, -0.25) is 0 Å². The lowest BCUT2D eigenvalue weighted by Crippen LogP contribution is -2.40. The van der Waals surface area contributed by atoms with E-state index in [9.17, 15) is 8.42 Å². The van der Waals surface area contributed by atoms with Crippen molar-refractivity contribution in [2.24, 2.45) is 0 Å². The molecule has 2 heterocycles. The third-order valence-corrected chi connectivity index (χ3v) is 6.35. The van der Waals surface area contributed by atoms with E-state index >= 15 is 0 Å². The van der Waals surface area contributed by atoms with E-state index in [1.54, 1.807) is 23.5 Å². The van der Waals surface area contributed by atoms with Gasteiger partial charge in [-0.05, 0) is 26.0 Å². The molecule has 1 aliphatic heterocycles. The summed E-state index contributed by atoms with van der Waals surface area (Å²) in [6, 6.07) is 6.79. The number of aromatic nitrogens is 3. The molecule has 1 atom stereocenters. The lowest BCUT2D eigenvalue weighted by atomic mass is 10.2. The first-order chi connectivity index (χ1) is 11.4. The number of sulfonamides is 1. The summed E-state index contributed by atoms with van der Waals surface area (Å²) >= 11 is 0. The van der Waals surface area contributed by atoms with Gasteiger partial charge in [0.25, 0.3) is 0 Å². The monoisotopic (exact) mass is 350 g/mol. The van der Waals surface area contributed by atoms with Crippen molar-refractivity contribution in [1.29, 1.82) is 0 Å². The van der Waals surface area contributed by atoms with Crippen molar-refractivity contribution >= 4 is 10.0 Å². The summed E-state index contributed by atoms with van der Waals surface area (Å²) in [5, 5.41) is 8.34. The normalized spacial score (nSPS) is 19.0. The minimum absolute atomic E-state index is 0.183. The van der Waals surface area contributed by atoms with Crippen LogP contribution in [0.25, 0.3) is 0 Å². The summed E-state index contributed by atoms with van der Waals surface area (Å²) in [5.41, 5.74) is 1.04. The molecule has 3 rings (SSSR count). The zero-order valence-electron chi connectivity index (χ0n) is 14.1. The molecule has 0 saturated carbocycles. The van der Waals surface area contributed by atoms with E-state index in [0.717, 1.165) is 17.2 Å². The molecule has 0 unspecified atom stereocenters. The van der Waals surface area contributed by atoms with E-state index in [1.807, 2.05) is 30.5 Å². The zero-order chi connectivity index (χ0) is 17.3. The Hall–Kier alpha value is -1.77. The summed E-state index contributed by atoms with van der Waals surface area (Å²) in [7, 11) is -1.93. The van der Waals surface area contributed by atoms with Gasteiger partial charge < -0.3 is 9.30 Å². The van der Waals surface area contributed by atoms with Gasteiger partial charge in [0.15, 0.2) is 5.82 Å². The van der Waals surface area contributed by atoms with Crippen molar-refractivity contribution in [3.8, 4) is 0 Å². The average Bonchev–Trinajstić information content (AvgIpc) is 2.81. The van der Waals surface area contributed by atoms with E-state index in [4.69, 9.17) is 4.74 Å². The number of hydrogen-bond acceptors (Lipinski definition) is 5. The van der Waals surface area contributed by atoms with Gasteiger partial charge in [0.1, 0.15) is 12.4 Å². The Bertz CT molecular complexity index is 814. The second-order valence-corrected chi connectivity index (χ2v) is 7.99. The van der Waals surface area contributed by atoms with Crippen molar-refractivity contribution in [2.45, 2.75) is 44.4 Å². The number of rotatable bonds is 4. The fraction of sp³-hybridized carbons (Fsp3) is 0.500. The van der Waals surface area contributed by atoms with Gasteiger partial charge in [0, 0.05) is 32.7 Å². The smallest absolute Gasteiger partial charge is 0.243 e. The highest BCUT2D eigenvalue weighted by molar-refractivity contribution is 7.89. The van der Waals surface area contributed by atoms with Crippen molar-refractivity contribution in [2.75, 3.05) is 13.7 Å². The van der Waals surface area contributed by atoms with E-state index < -0.39 is 10.0 Å². The molecule has 8 heteroatoms. The second kappa shape index (κ2) is 6.62. The summed E-state index contributed by atoms with van der Waals surface area (Å²) in [6.45, 7) is 5.13. The van der Waals surface area contributed by atoms with Crippen LogP contribution in [0.4, 0.5) is 0 Å². The molecule has 0 aliphatic carbocycles. The Morgan fingerprint density at radius 2 is 1.92 bits per heavy atom. The molecule has 0 radical (unpaired) electrons. The lowest BCUT2D eigenvalue weighted by Gasteiger charge is -2.25. The fourth-order valence-corrected chi connectivity index (χ4v) is 4.63. The maximum Gasteiger partial charge on any atom is 0.243 e. The molecule has 1 aromatic carbocycles. The maximum atomic E-state index is 13.0. The van der Waals surface area contributed by atoms with Gasteiger partial charge in [0.05, 0.1) is 4.90 Å². The highest BCUT2D eigenvalue weighted by Crippen LogP contribution is 2.23. The van der Waals surface area contributed by atoms with Gasteiger partial charge in [0.2, 0.25) is 10.0 Å². The minimum atomic E-state index is -3.53. The lowest BCUT2D eigenvalue weighted by molar-refractivity contribution is 0.173. The summed E-state index contributed by atoms with van der Waals surface area (Å²) in [4.78, 5) is 0.328. The van der Waals surface area contributed by atoms with Crippen molar-refractivity contribution in [3.05, 3.63) is 41.5 Å². The van der Waals surface area contributed by atoms with Crippen LogP contribution in [0.15, 0.2) is 29.2 Å². The first-order valence-electron chi connectivity index (χ1n) is 7.92. The number of benzene rings is 1. The molecule has 0 bridgehead atoms. The summed E-state index contributed by atoms with van der Waals surface area (Å²) in [6.07, 6.45) is 0.530. The van der Waals surface area contributed by atoms with Crippen LogP contribution in [-0.2, 0) is 34.3 Å². The molecular weight excluding hydrogens is 328 g/mol. The largest absolute Gasteiger partial charge is 0.377 e. The second-order valence-electron chi connectivity index (χ2n) is 6.10. The van der Waals surface area contributed by atoms with Crippen LogP contribution < -0.4 is 0 Å². The van der Waals surface area contributed by atoms with Crippen LogP contribution in [0, 0.1) is 6.92 Å². The predicted molar refractivity (Wildman–Crippen MR) is 89.0 cm³/mol. The van der Waals surface area contributed by atoms with Crippen LogP contribution in [0.3, 0.4) is 0 Å². The molecule has 0 spiro atoms. The van der Waals surface area contributed by atoms with Crippen LogP contribution in [0.1, 0.15) is 24.1 Å². The molecule has 0 fully saturated rings. The predicted octanol–water partition coefficient (Wildman–Crippen LogP) is 1.37. The molecule has 7 nitrogen and oxygen atoms in total. The molecule has 2 aromatic rings. The Morgan fingerprint density at radius 3 is 2.58 bits per heavy atom. The van der Waals surface area contributed by atoms with Crippen LogP contribution >= 0.6 is 0 Å². The standard InChI is InChI=1S/C16H22N4O3S/c1-12-4-6-14(7-5-12)24(21,22)20-9-8-19-15(10-13(20)2)17-18-16(19)11-23-3/h4-7,13H,8-11H2,1-3H3/t13-/m1/s1. The molecule has 0 N–H and O–H groups in total. The fourth-order valence-electron chi connectivity index (χ4n) is 3.01. The highest BCUT2D eigenvalue weighted by atomic mass is 32.2. The van der Waals surface area contributed by atoms with Gasteiger partial charge in [-0.2, -0.15) is 4.31 Å². The Kier molecular flexibility index (Phi) is 4.71. The summed E-state index contributed by atoms with van der Waals surface area (Å²) in [5.74, 6) is 1.53. The molecule has 130 valence electrons. The maximum absolute atomic E-state index is 13.0. The van der Waals surface area contributed by atoms with Crippen molar-refractivity contribution in [3.63, 3.8) is 0 Å². The topological polar surface area (TPSA) is 77.3 Å². The molecule has 0 saturated heterocycles. The van der Waals surface area contributed by atoms with E-state index in [-0.39, 0.29) is 6.04 Å². The van der Waals surface area contributed by atoms with Crippen LogP contribution in [0.5, 0.6) is 0 Å². The molecule has 24 heavy (non-hydrogen) atoms. The quantitative estimate of drug-likeness (QED) is 0.832.